The molecule has 2 rings (SSSR count). The van der Waals surface area contributed by atoms with E-state index in [-0.39, 0.29) is 61.8 Å². The van der Waals surface area contributed by atoms with E-state index >= 15 is 0 Å². The number of carboxylic acid groups (broad SMARTS) is 1. The first-order chi connectivity index (χ1) is 26.7. The fourth-order valence-corrected chi connectivity index (χ4v) is 7.12. The first kappa shape index (κ1) is 48.8. The number of nitrogens with one attached hydrogen (secondary N) is 5. The Labute approximate surface area is 336 Å². The van der Waals surface area contributed by atoms with E-state index in [0.717, 1.165) is 0 Å². The maximum atomic E-state index is 14.0. The van der Waals surface area contributed by atoms with Crippen LogP contribution >= 0.6 is 0 Å². The normalized spacial score (nSPS) is 20.0. The molecule has 7 amide bonds. The van der Waals surface area contributed by atoms with Crippen LogP contribution in [0.4, 0.5) is 0 Å². The molecule has 0 spiro atoms. The Bertz CT molecular complexity index is 1420. The van der Waals surface area contributed by atoms with Crippen molar-refractivity contribution < 1.29 is 48.6 Å². The first-order valence-electron chi connectivity index (χ1n) is 20.4. The van der Waals surface area contributed by atoms with Gasteiger partial charge in [0.25, 0.3) is 0 Å². The second-order valence-corrected chi connectivity index (χ2v) is 16.7. The molecule has 18 heteroatoms. The summed E-state index contributed by atoms with van der Waals surface area (Å²) < 4.78 is 0. The maximum Gasteiger partial charge on any atom is 0.326 e. The van der Waals surface area contributed by atoms with Gasteiger partial charge >= 0.3 is 5.97 Å². The molecule has 2 heterocycles. The van der Waals surface area contributed by atoms with Crippen LogP contribution in [0.3, 0.4) is 0 Å². The Balaban J connectivity index is 2.12. The van der Waals surface area contributed by atoms with Gasteiger partial charge in [-0.2, -0.15) is 0 Å². The van der Waals surface area contributed by atoms with Gasteiger partial charge < -0.3 is 52.3 Å². The summed E-state index contributed by atoms with van der Waals surface area (Å²) in [5.74, 6) is -5.70. The smallest absolute Gasteiger partial charge is 0.326 e. The quantitative estimate of drug-likeness (QED) is 0.0698. The van der Waals surface area contributed by atoms with Gasteiger partial charge in [-0.15, -0.1) is 0 Å². The highest BCUT2D eigenvalue weighted by molar-refractivity contribution is 5.97. The lowest BCUT2D eigenvalue weighted by atomic mass is 9.98. The molecule has 0 saturated carbocycles. The predicted molar refractivity (Wildman–Crippen MR) is 211 cm³/mol. The Morgan fingerprint density at radius 3 is 1.63 bits per heavy atom. The highest BCUT2D eigenvalue weighted by atomic mass is 16.4. The highest BCUT2D eigenvalue weighted by Gasteiger charge is 2.41. The first-order valence-corrected chi connectivity index (χ1v) is 20.4. The van der Waals surface area contributed by atoms with Crippen LogP contribution < -0.4 is 32.3 Å². The Morgan fingerprint density at radius 2 is 1.12 bits per heavy atom. The number of carbonyl (C=O) groups excluding carboxylic acids is 7. The summed E-state index contributed by atoms with van der Waals surface area (Å²) in [5.41, 5.74) is 6.16. The number of aliphatic hydroxyl groups is 1. The highest BCUT2D eigenvalue weighted by Crippen LogP contribution is 2.22. The molecule has 9 N–H and O–H groups in total. The molecule has 324 valence electrons. The standard InChI is InChI=1S/C39H68N8O10/c1-9-24(8)32(40)38(55)47-15-10-12-29(47)35(52)41-19-31(49)42-26(17-22(4)5)37(54)46-14-11-13-30(46)36(53)43-25(16-21(2)3)33(50)45-28(20-48)34(51)44-27(39(56)57)18-23(6)7/h21-30,32,48H,9-20,40H2,1-8H3,(H,41,52)(H,42,49)(H,43,53)(H,44,51)(H,45,50)(H,56,57)/t24-,25-,26-,27-,28-,29-,30-,32-/m0/s1. The molecule has 0 radical (unpaired) electrons. The fourth-order valence-electron chi connectivity index (χ4n) is 7.12. The Hall–Kier alpha value is -4.32. The molecule has 0 aliphatic carbocycles. The van der Waals surface area contributed by atoms with E-state index in [4.69, 9.17) is 5.73 Å². The van der Waals surface area contributed by atoms with Crippen molar-refractivity contribution >= 4 is 47.3 Å². The SMILES string of the molecule is CC[C@H](C)[C@H](N)C(=O)N1CCC[C@H]1C(=O)NCC(=O)N[C@@H](CC(C)C)C(=O)N1CCC[C@H]1C(=O)N[C@@H](CC(C)C)C(=O)N[C@@H](CO)C(=O)N[C@@H](CC(C)C)C(=O)O. The van der Waals surface area contributed by atoms with Crippen molar-refractivity contribution in [3.05, 3.63) is 0 Å². The number of aliphatic hydroxyl groups excluding tert-OH is 1. The zero-order chi connectivity index (χ0) is 43.1. The number of carbonyl (C=O) groups is 8. The van der Waals surface area contributed by atoms with E-state index in [1.165, 1.54) is 9.80 Å². The summed E-state index contributed by atoms with van der Waals surface area (Å²) in [5, 5.41) is 32.3. The second-order valence-electron chi connectivity index (χ2n) is 16.7. The van der Waals surface area contributed by atoms with E-state index in [9.17, 15) is 48.6 Å². The van der Waals surface area contributed by atoms with E-state index in [0.29, 0.717) is 32.2 Å². The van der Waals surface area contributed by atoms with Crippen LogP contribution in [0.25, 0.3) is 0 Å². The van der Waals surface area contributed by atoms with E-state index in [2.05, 4.69) is 26.6 Å². The second kappa shape index (κ2) is 23.2. The minimum atomic E-state index is -1.49. The molecule has 0 aromatic rings. The van der Waals surface area contributed by atoms with Crippen molar-refractivity contribution in [1.29, 1.82) is 0 Å². The average molecular weight is 809 g/mol. The van der Waals surface area contributed by atoms with Crippen molar-refractivity contribution in [2.45, 2.75) is 149 Å². The third kappa shape index (κ3) is 14.8. The third-order valence-electron chi connectivity index (χ3n) is 10.5. The van der Waals surface area contributed by atoms with Gasteiger partial charge in [-0.05, 0) is 68.6 Å². The summed E-state index contributed by atoms with van der Waals surface area (Å²) >= 11 is 0. The molecule has 18 nitrogen and oxygen atoms in total. The van der Waals surface area contributed by atoms with Crippen LogP contribution in [0, 0.1) is 23.7 Å². The fraction of sp³-hybridized carbons (Fsp3) is 0.795. The van der Waals surface area contributed by atoms with Gasteiger partial charge in [0.05, 0.1) is 19.2 Å². The van der Waals surface area contributed by atoms with Gasteiger partial charge in [0, 0.05) is 13.1 Å². The molecule has 0 aromatic carbocycles. The van der Waals surface area contributed by atoms with Gasteiger partial charge in [0.2, 0.25) is 41.4 Å². The number of amides is 7. The number of rotatable bonds is 22. The monoisotopic (exact) mass is 809 g/mol. The molecule has 0 bridgehead atoms. The lowest BCUT2D eigenvalue weighted by Crippen LogP contribution is -2.59. The van der Waals surface area contributed by atoms with Crippen molar-refractivity contribution in [2.75, 3.05) is 26.2 Å². The topological polar surface area (TPSA) is 270 Å². The largest absolute Gasteiger partial charge is 0.480 e. The number of carboxylic acids is 1. The van der Waals surface area contributed by atoms with Crippen LogP contribution in [0.1, 0.15) is 107 Å². The molecular weight excluding hydrogens is 740 g/mol. The molecule has 8 atom stereocenters. The van der Waals surface area contributed by atoms with Crippen molar-refractivity contribution in [1.82, 2.24) is 36.4 Å². The molecule has 57 heavy (non-hydrogen) atoms. The minimum Gasteiger partial charge on any atom is -0.480 e. The summed E-state index contributed by atoms with van der Waals surface area (Å²) in [7, 11) is 0. The van der Waals surface area contributed by atoms with Gasteiger partial charge in [-0.1, -0.05) is 61.8 Å². The van der Waals surface area contributed by atoms with Crippen LogP contribution in [-0.4, -0.2) is 136 Å². The molecule has 2 aliphatic rings. The molecule has 0 unspecified atom stereocenters. The van der Waals surface area contributed by atoms with Crippen LogP contribution in [0.2, 0.25) is 0 Å². The van der Waals surface area contributed by atoms with Crippen molar-refractivity contribution in [3.63, 3.8) is 0 Å². The van der Waals surface area contributed by atoms with Crippen LogP contribution in [0.5, 0.6) is 0 Å². The molecule has 2 fully saturated rings. The predicted octanol–water partition coefficient (Wildman–Crippen LogP) is -0.388. The van der Waals surface area contributed by atoms with Gasteiger partial charge in [-0.3, -0.25) is 33.6 Å². The minimum absolute atomic E-state index is 0.0385. The van der Waals surface area contributed by atoms with Crippen LogP contribution in [-0.2, 0) is 38.4 Å². The van der Waals surface area contributed by atoms with E-state index < -0.39 is 96.9 Å². The van der Waals surface area contributed by atoms with Gasteiger partial charge in [-0.25, -0.2) is 4.79 Å². The number of hydrogen-bond donors (Lipinski definition) is 8. The maximum absolute atomic E-state index is 14.0. The average Bonchev–Trinajstić information content (AvgIpc) is 3.84. The number of aliphatic carboxylic acids is 1. The summed E-state index contributed by atoms with van der Waals surface area (Å²) in [6, 6.07) is -7.37. The third-order valence-corrected chi connectivity index (χ3v) is 10.5. The molecule has 2 saturated heterocycles. The number of nitrogens with two attached hydrogens (primary N) is 1. The van der Waals surface area contributed by atoms with Gasteiger partial charge in [0.1, 0.15) is 36.3 Å². The molecule has 2 aliphatic heterocycles. The number of likely N-dealkylation sites (tertiary alicyclic amines) is 2. The van der Waals surface area contributed by atoms with E-state index in [1.54, 1.807) is 13.8 Å². The van der Waals surface area contributed by atoms with Gasteiger partial charge in [0.15, 0.2) is 0 Å². The lowest BCUT2D eigenvalue weighted by Gasteiger charge is -2.31. The Kier molecular flexibility index (Phi) is 19.9. The van der Waals surface area contributed by atoms with Crippen LogP contribution in [0.15, 0.2) is 0 Å². The lowest BCUT2D eigenvalue weighted by molar-refractivity contribution is -0.143. The van der Waals surface area contributed by atoms with Crippen molar-refractivity contribution in [3.8, 4) is 0 Å². The number of hydrogen-bond acceptors (Lipinski definition) is 10. The van der Waals surface area contributed by atoms with E-state index in [1.807, 2.05) is 41.5 Å². The summed E-state index contributed by atoms with van der Waals surface area (Å²) in [6.07, 6.45) is 3.05. The number of nitrogens with zero attached hydrogens (tertiary/aromatic N) is 2. The summed E-state index contributed by atoms with van der Waals surface area (Å²) in [6.45, 7) is 14.1. The molecular formula is C39H68N8O10. The van der Waals surface area contributed by atoms with Crippen molar-refractivity contribution in [2.24, 2.45) is 29.4 Å². The zero-order valence-corrected chi connectivity index (χ0v) is 35.0. The molecule has 0 aromatic heterocycles. The zero-order valence-electron chi connectivity index (χ0n) is 35.0. The summed E-state index contributed by atoms with van der Waals surface area (Å²) in [4.78, 5) is 108. The Morgan fingerprint density at radius 1 is 0.649 bits per heavy atom.